The van der Waals surface area contributed by atoms with Crippen molar-refractivity contribution >= 4 is 18.6 Å². The summed E-state index contributed by atoms with van der Waals surface area (Å²) in [4.78, 5) is 11.2. The zero-order valence-corrected chi connectivity index (χ0v) is 8.85. The zero-order chi connectivity index (χ0) is 9.84. The topological polar surface area (TPSA) is 26.3 Å². The van der Waals surface area contributed by atoms with E-state index in [1.165, 1.54) is 6.42 Å². The van der Waals surface area contributed by atoms with Crippen LogP contribution in [0.2, 0.25) is 0 Å². The van der Waals surface area contributed by atoms with Crippen LogP contribution < -0.4 is 0 Å². The van der Waals surface area contributed by atoms with E-state index in [1.54, 1.807) is 6.92 Å². The molecule has 0 aromatic rings. The Morgan fingerprint density at radius 1 is 1.46 bits per heavy atom. The summed E-state index contributed by atoms with van der Waals surface area (Å²) in [7, 11) is 0. The van der Waals surface area contributed by atoms with Gasteiger partial charge in [0.25, 0.3) is 0 Å². The minimum atomic E-state index is -0.286. The highest BCUT2D eigenvalue weighted by Gasteiger charge is 2.25. The van der Waals surface area contributed by atoms with Gasteiger partial charge in [0.05, 0.1) is 0 Å². The van der Waals surface area contributed by atoms with Crippen molar-refractivity contribution in [3.8, 4) is 0 Å². The largest absolute Gasteiger partial charge is 0.458 e. The van der Waals surface area contributed by atoms with Crippen molar-refractivity contribution in [1.82, 2.24) is 0 Å². The van der Waals surface area contributed by atoms with Crippen LogP contribution in [-0.4, -0.2) is 17.3 Å². The average molecular weight is 200 g/mol. The quantitative estimate of drug-likeness (QED) is 0.421. The highest BCUT2D eigenvalue weighted by atomic mass is 32.1. The van der Waals surface area contributed by atoms with E-state index in [4.69, 9.17) is 4.74 Å². The van der Waals surface area contributed by atoms with Crippen molar-refractivity contribution in [3.63, 3.8) is 0 Å². The van der Waals surface area contributed by atoms with E-state index in [2.05, 4.69) is 19.2 Å². The Balaban J connectivity index is 2.42. The molecule has 3 heteroatoms. The van der Waals surface area contributed by atoms with Crippen LogP contribution in [0.15, 0.2) is 12.2 Å². The minimum Gasteiger partial charge on any atom is -0.458 e. The number of hydrogen-bond donors (Lipinski definition) is 1. The molecular weight excluding hydrogens is 184 g/mol. The van der Waals surface area contributed by atoms with Crippen LogP contribution >= 0.6 is 12.6 Å². The molecule has 0 amide bonds. The molecule has 0 aromatic heterocycles. The molecule has 1 saturated carbocycles. The van der Waals surface area contributed by atoms with E-state index in [0.29, 0.717) is 5.57 Å². The third-order valence-corrected chi connectivity index (χ3v) is 2.87. The van der Waals surface area contributed by atoms with E-state index < -0.39 is 0 Å². The predicted molar refractivity (Wildman–Crippen MR) is 55.9 cm³/mol. The molecule has 13 heavy (non-hydrogen) atoms. The number of hydrogen-bond acceptors (Lipinski definition) is 3. The molecule has 1 aliphatic rings. The van der Waals surface area contributed by atoms with Crippen LogP contribution in [0.3, 0.4) is 0 Å². The molecule has 2 nitrogen and oxygen atoms in total. The maximum Gasteiger partial charge on any atom is 0.333 e. The van der Waals surface area contributed by atoms with E-state index in [-0.39, 0.29) is 17.3 Å². The van der Waals surface area contributed by atoms with E-state index >= 15 is 0 Å². The Morgan fingerprint density at radius 2 is 2.08 bits per heavy atom. The summed E-state index contributed by atoms with van der Waals surface area (Å²) in [5.74, 6) is -0.286. The molecular formula is C10H16O2S. The number of esters is 1. The molecule has 1 rings (SSSR count). The maximum absolute atomic E-state index is 11.2. The number of thiol groups is 1. The van der Waals surface area contributed by atoms with Gasteiger partial charge in [-0.05, 0) is 26.2 Å². The summed E-state index contributed by atoms with van der Waals surface area (Å²) in [6, 6.07) is 0. The fraction of sp³-hybridized carbons (Fsp3) is 0.700. The summed E-state index contributed by atoms with van der Waals surface area (Å²) < 4.78 is 5.25. The standard InChI is InChI=1S/C10H16O2S/c1-7(2)10(11)12-8-5-3-4-6-9(8)13/h8-9,13H,1,3-6H2,2H3. The first-order valence-electron chi connectivity index (χ1n) is 4.66. The summed E-state index contributed by atoms with van der Waals surface area (Å²) in [6.07, 6.45) is 4.28. The molecule has 1 aliphatic carbocycles. The first kappa shape index (κ1) is 10.6. The van der Waals surface area contributed by atoms with Crippen LogP contribution in [0.25, 0.3) is 0 Å². The molecule has 0 aliphatic heterocycles. The van der Waals surface area contributed by atoms with Gasteiger partial charge in [0.15, 0.2) is 0 Å². The van der Waals surface area contributed by atoms with Gasteiger partial charge in [-0.2, -0.15) is 12.6 Å². The van der Waals surface area contributed by atoms with Crippen molar-refractivity contribution in [3.05, 3.63) is 12.2 Å². The molecule has 2 unspecified atom stereocenters. The SMILES string of the molecule is C=C(C)C(=O)OC1CCCCC1S. The van der Waals surface area contributed by atoms with Gasteiger partial charge in [-0.3, -0.25) is 0 Å². The second-order valence-corrected chi connectivity index (χ2v) is 4.24. The molecule has 0 spiro atoms. The monoisotopic (exact) mass is 200 g/mol. The van der Waals surface area contributed by atoms with Gasteiger partial charge in [0, 0.05) is 10.8 Å². The third-order valence-electron chi connectivity index (χ3n) is 2.27. The van der Waals surface area contributed by atoms with Crippen molar-refractivity contribution in [2.45, 2.75) is 44.0 Å². The second kappa shape index (κ2) is 4.70. The first-order chi connectivity index (χ1) is 6.11. The summed E-state index contributed by atoms with van der Waals surface area (Å²) in [5, 5.41) is 0.206. The Labute approximate surface area is 84.8 Å². The Kier molecular flexibility index (Phi) is 3.85. The molecule has 2 atom stereocenters. The fourth-order valence-electron chi connectivity index (χ4n) is 1.45. The highest BCUT2D eigenvalue weighted by molar-refractivity contribution is 7.81. The van der Waals surface area contributed by atoms with Crippen LogP contribution in [0.1, 0.15) is 32.6 Å². The van der Waals surface area contributed by atoms with Crippen LogP contribution in [-0.2, 0) is 9.53 Å². The van der Waals surface area contributed by atoms with Crippen molar-refractivity contribution < 1.29 is 9.53 Å². The Bertz CT molecular complexity index is 213. The number of rotatable bonds is 2. The lowest BCUT2D eigenvalue weighted by atomic mass is 9.97. The smallest absolute Gasteiger partial charge is 0.333 e. The lowest BCUT2D eigenvalue weighted by Crippen LogP contribution is -2.30. The molecule has 0 N–H and O–H groups in total. The molecule has 0 radical (unpaired) electrons. The lowest BCUT2D eigenvalue weighted by molar-refractivity contribution is -0.145. The number of ether oxygens (including phenoxy) is 1. The van der Waals surface area contributed by atoms with Gasteiger partial charge in [-0.15, -0.1) is 0 Å². The van der Waals surface area contributed by atoms with Gasteiger partial charge < -0.3 is 4.74 Å². The number of carbonyl (C=O) groups excluding carboxylic acids is 1. The summed E-state index contributed by atoms with van der Waals surface area (Å²) in [6.45, 7) is 5.21. The highest BCUT2D eigenvalue weighted by Crippen LogP contribution is 2.25. The van der Waals surface area contributed by atoms with Gasteiger partial charge in [0.2, 0.25) is 0 Å². The Hall–Kier alpha value is -0.440. The van der Waals surface area contributed by atoms with Gasteiger partial charge >= 0.3 is 5.97 Å². The molecule has 1 fully saturated rings. The normalized spacial score (nSPS) is 28.2. The summed E-state index contributed by atoms with van der Waals surface area (Å²) in [5.41, 5.74) is 0.464. The maximum atomic E-state index is 11.2. The molecule has 0 heterocycles. The van der Waals surface area contributed by atoms with E-state index in [9.17, 15) is 4.79 Å². The van der Waals surface area contributed by atoms with Crippen molar-refractivity contribution in [1.29, 1.82) is 0 Å². The lowest BCUT2D eigenvalue weighted by Gasteiger charge is -2.27. The predicted octanol–water partition coefficient (Wildman–Crippen LogP) is 2.35. The van der Waals surface area contributed by atoms with E-state index in [0.717, 1.165) is 19.3 Å². The summed E-state index contributed by atoms with van der Waals surface area (Å²) >= 11 is 4.39. The van der Waals surface area contributed by atoms with Crippen LogP contribution in [0.5, 0.6) is 0 Å². The molecule has 74 valence electrons. The zero-order valence-electron chi connectivity index (χ0n) is 7.95. The third kappa shape index (κ3) is 3.07. The van der Waals surface area contributed by atoms with Crippen LogP contribution in [0, 0.1) is 0 Å². The van der Waals surface area contributed by atoms with Crippen molar-refractivity contribution in [2.24, 2.45) is 0 Å². The Morgan fingerprint density at radius 3 is 2.62 bits per heavy atom. The van der Waals surface area contributed by atoms with Gasteiger partial charge in [-0.1, -0.05) is 13.0 Å². The van der Waals surface area contributed by atoms with E-state index in [1.807, 2.05) is 0 Å². The van der Waals surface area contributed by atoms with Crippen molar-refractivity contribution in [2.75, 3.05) is 0 Å². The molecule has 0 bridgehead atoms. The second-order valence-electron chi connectivity index (χ2n) is 3.58. The first-order valence-corrected chi connectivity index (χ1v) is 5.17. The minimum absolute atomic E-state index is 0.0127. The molecule has 0 saturated heterocycles. The van der Waals surface area contributed by atoms with Gasteiger partial charge in [0.1, 0.15) is 6.10 Å². The van der Waals surface area contributed by atoms with Gasteiger partial charge in [-0.25, -0.2) is 4.79 Å². The van der Waals surface area contributed by atoms with Crippen LogP contribution in [0.4, 0.5) is 0 Å². The fourth-order valence-corrected chi connectivity index (χ4v) is 1.85. The number of carbonyl (C=O) groups is 1. The average Bonchev–Trinajstić information content (AvgIpc) is 2.08. The molecule has 0 aromatic carbocycles.